The van der Waals surface area contributed by atoms with Crippen LogP contribution < -0.4 is 10.2 Å². The van der Waals surface area contributed by atoms with Crippen LogP contribution in [-0.4, -0.2) is 17.7 Å². The average molecular weight is 348 g/mol. The lowest BCUT2D eigenvalue weighted by Gasteiger charge is -2.19. The molecule has 2 fully saturated rings. The van der Waals surface area contributed by atoms with Gasteiger partial charge in [0.2, 0.25) is 11.8 Å². The number of fused-ring (bicyclic) bond motifs is 1. The fraction of sp³-hybridized carbons (Fsp3) is 0.286. The number of carbonyl (C=O) groups excluding carboxylic acids is 3. The van der Waals surface area contributed by atoms with Crippen LogP contribution in [0, 0.1) is 11.8 Å². The van der Waals surface area contributed by atoms with Crippen molar-refractivity contribution in [2.24, 2.45) is 11.8 Å². The second-order valence-corrected chi connectivity index (χ2v) is 6.88. The van der Waals surface area contributed by atoms with Crippen molar-refractivity contribution < 1.29 is 14.4 Å². The highest BCUT2D eigenvalue weighted by Gasteiger charge is 2.48. The molecule has 132 valence electrons. The van der Waals surface area contributed by atoms with Crippen LogP contribution in [0.2, 0.25) is 0 Å². The predicted octanol–water partition coefficient (Wildman–Crippen LogP) is 3.62. The van der Waals surface area contributed by atoms with Crippen LogP contribution in [0.15, 0.2) is 54.6 Å². The molecule has 2 atom stereocenters. The van der Waals surface area contributed by atoms with E-state index in [1.54, 1.807) is 24.3 Å². The number of benzene rings is 2. The molecule has 1 aliphatic heterocycles. The van der Waals surface area contributed by atoms with E-state index in [2.05, 4.69) is 5.32 Å². The van der Waals surface area contributed by atoms with E-state index in [0.717, 1.165) is 31.4 Å². The standard InChI is InChI=1S/C21H20N2O3/c24-19(22-15-6-2-1-3-7-15)14-10-12-16(13-11-14)23-20(25)17-8-4-5-9-18(17)21(23)26/h1-3,6-7,10-13,17-18H,4-5,8-9H2,(H,22,24)/t17-,18-/m0/s1. The number of imide groups is 1. The van der Waals surface area contributed by atoms with Gasteiger partial charge in [-0.2, -0.15) is 0 Å². The van der Waals surface area contributed by atoms with Crippen molar-refractivity contribution in [3.8, 4) is 0 Å². The zero-order valence-corrected chi connectivity index (χ0v) is 14.4. The molecule has 5 nitrogen and oxygen atoms in total. The molecule has 0 bridgehead atoms. The number of hydrogen-bond acceptors (Lipinski definition) is 3. The molecule has 1 N–H and O–H groups in total. The molecule has 1 aliphatic carbocycles. The minimum absolute atomic E-state index is 0.0961. The molecule has 0 spiro atoms. The molecule has 1 saturated carbocycles. The van der Waals surface area contributed by atoms with Gasteiger partial charge in [-0.15, -0.1) is 0 Å². The van der Waals surface area contributed by atoms with E-state index in [1.807, 2.05) is 30.3 Å². The van der Waals surface area contributed by atoms with E-state index in [1.165, 1.54) is 4.90 Å². The smallest absolute Gasteiger partial charge is 0.255 e. The van der Waals surface area contributed by atoms with Crippen molar-refractivity contribution in [1.82, 2.24) is 0 Å². The second kappa shape index (κ2) is 6.75. The second-order valence-electron chi connectivity index (χ2n) is 6.88. The van der Waals surface area contributed by atoms with Crippen molar-refractivity contribution in [2.75, 3.05) is 10.2 Å². The Morgan fingerprint density at radius 1 is 0.846 bits per heavy atom. The molecule has 1 saturated heterocycles. The number of nitrogens with one attached hydrogen (secondary N) is 1. The normalized spacial score (nSPS) is 22.2. The first-order chi connectivity index (χ1) is 12.6. The molecule has 26 heavy (non-hydrogen) atoms. The van der Waals surface area contributed by atoms with Gasteiger partial charge in [-0.3, -0.25) is 19.3 Å². The van der Waals surface area contributed by atoms with Crippen molar-refractivity contribution in [3.05, 3.63) is 60.2 Å². The molecule has 3 amide bonds. The van der Waals surface area contributed by atoms with Gasteiger partial charge in [0.05, 0.1) is 17.5 Å². The molecule has 1 heterocycles. The monoisotopic (exact) mass is 348 g/mol. The Morgan fingerprint density at radius 2 is 1.42 bits per heavy atom. The van der Waals surface area contributed by atoms with Gasteiger partial charge in [0.25, 0.3) is 5.91 Å². The molecule has 0 radical (unpaired) electrons. The van der Waals surface area contributed by atoms with E-state index in [-0.39, 0.29) is 29.6 Å². The molecule has 5 heteroatoms. The van der Waals surface area contributed by atoms with Gasteiger partial charge in [0.1, 0.15) is 0 Å². The minimum atomic E-state index is -0.226. The Balaban J connectivity index is 1.52. The number of rotatable bonds is 3. The average Bonchev–Trinajstić information content (AvgIpc) is 2.94. The molecular formula is C21H20N2O3. The van der Waals surface area contributed by atoms with Crippen molar-refractivity contribution >= 4 is 29.1 Å². The summed E-state index contributed by atoms with van der Waals surface area (Å²) in [6, 6.07) is 15.9. The Morgan fingerprint density at radius 3 is 2.00 bits per heavy atom. The molecule has 4 rings (SSSR count). The first kappa shape index (κ1) is 16.5. The quantitative estimate of drug-likeness (QED) is 0.862. The lowest BCUT2D eigenvalue weighted by molar-refractivity contribution is -0.122. The van der Waals surface area contributed by atoms with Crippen LogP contribution in [-0.2, 0) is 9.59 Å². The van der Waals surface area contributed by atoms with Crippen LogP contribution in [0.4, 0.5) is 11.4 Å². The fourth-order valence-corrected chi connectivity index (χ4v) is 3.90. The van der Waals surface area contributed by atoms with Crippen LogP contribution in [0.5, 0.6) is 0 Å². The van der Waals surface area contributed by atoms with Crippen LogP contribution >= 0.6 is 0 Å². The summed E-state index contributed by atoms with van der Waals surface area (Å²) in [6.07, 6.45) is 3.60. The number of para-hydroxylation sites is 1. The van der Waals surface area contributed by atoms with E-state index in [4.69, 9.17) is 0 Å². The number of anilines is 2. The SMILES string of the molecule is O=C(Nc1ccccc1)c1ccc(N2C(=O)[C@H]3CCCC[C@@H]3C2=O)cc1. The van der Waals surface area contributed by atoms with E-state index < -0.39 is 0 Å². The summed E-state index contributed by atoms with van der Waals surface area (Å²) in [5.74, 6) is -0.757. The summed E-state index contributed by atoms with van der Waals surface area (Å²) in [5.41, 5.74) is 1.75. The Hall–Kier alpha value is -2.95. The van der Waals surface area contributed by atoms with Gasteiger partial charge in [-0.25, -0.2) is 0 Å². The van der Waals surface area contributed by atoms with Crippen molar-refractivity contribution in [1.29, 1.82) is 0 Å². The fourth-order valence-electron chi connectivity index (χ4n) is 3.90. The maximum atomic E-state index is 12.6. The third-order valence-corrected chi connectivity index (χ3v) is 5.26. The molecule has 0 aromatic heterocycles. The largest absolute Gasteiger partial charge is 0.322 e. The van der Waals surface area contributed by atoms with Crippen LogP contribution in [0.25, 0.3) is 0 Å². The summed E-state index contributed by atoms with van der Waals surface area (Å²) in [7, 11) is 0. The summed E-state index contributed by atoms with van der Waals surface area (Å²) in [6.45, 7) is 0. The third kappa shape index (κ3) is 2.90. The third-order valence-electron chi connectivity index (χ3n) is 5.26. The predicted molar refractivity (Wildman–Crippen MR) is 98.8 cm³/mol. The Labute approximate surface area is 152 Å². The van der Waals surface area contributed by atoms with E-state index in [0.29, 0.717) is 11.3 Å². The Bertz CT molecular complexity index is 821. The van der Waals surface area contributed by atoms with E-state index in [9.17, 15) is 14.4 Å². The van der Waals surface area contributed by atoms with Crippen LogP contribution in [0.1, 0.15) is 36.0 Å². The highest BCUT2D eigenvalue weighted by molar-refractivity contribution is 6.22. The number of nitrogens with zero attached hydrogens (tertiary/aromatic N) is 1. The minimum Gasteiger partial charge on any atom is -0.322 e. The summed E-state index contributed by atoms with van der Waals surface area (Å²) < 4.78 is 0. The molecule has 0 unspecified atom stereocenters. The van der Waals surface area contributed by atoms with Gasteiger partial charge < -0.3 is 5.32 Å². The van der Waals surface area contributed by atoms with Crippen LogP contribution in [0.3, 0.4) is 0 Å². The summed E-state index contributed by atoms with van der Waals surface area (Å²) in [4.78, 5) is 38.9. The van der Waals surface area contributed by atoms with Gasteiger partial charge >= 0.3 is 0 Å². The molecule has 2 aromatic carbocycles. The Kier molecular flexibility index (Phi) is 4.29. The van der Waals surface area contributed by atoms with Crippen molar-refractivity contribution in [3.63, 3.8) is 0 Å². The summed E-state index contributed by atoms with van der Waals surface area (Å²) in [5, 5.41) is 2.82. The topological polar surface area (TPSA) is 66.5 Å². The van der Waals surface area contributed by atoms with E-state index >= 15 is 0 Å². The molecule has 2 aromatic rings. The maximum Gasteiger partial charge on any atom is 0.255 e. The molecule has 2 aliphatic rings. The lowest BCUT2D eigenvalue weighted by atomic mass is 9.81. The summed E-state index contributed by atoms with van der Waals surface area (Å²) >= 11 is 0. The number of carbonyl (C=O) groups is 3. The van der Waals surface area contributed by atoms with Gasteiger partial charge in [-0.05, 0) is 49.2 Å². The highest BCUT2D eigenvalue weighted by atomic mass is 16.2. The lowest BCUT2D eigenvalue weighted by Crippen LogP contribution is -2.30. The van der Waals surface area contributed by atoms with Gasteiger partial charge in [-0.1, -0.05) is 31.0 Å². The number of amides is 3. The zero-order chi connectivity index (χ0) is 18.1. The first-order valence-electron chi connectivity index (χ1n) is 8.99. The highest BCUT2D eigenvalue weighted by Crippen LogP contribution is 2.40. The van der Waals surface area contributed by atoms with Crippen molar-refractivity contribution in [2.45, 2.75) is 25.7 Å². The first-order valence-corrected chi connectivity index (χ1v) is 8.99. The number of hydrogen-bond donors (Lipinski definition) is 1. The molecular weight excluding hydrogens is 328 g/mol. The zero-order valence-electron chi connectivity index (χ0n) is 14.4. The maximum absolute atomic E-state index is 12.6. The van der Waals surface area contributed by atoms with Gasteiger partial charge in [0.15, 0.2) is 0 Å². The van der Waals surface area contributed by atoms with Gasteiger partial charge in [0, 0.05) is 11.3 Å².